The Kier molecular flexibility index (Phi) is 12.1. The second-order valence-corrected chi connectivity index (χ2v) is 10.1. The molecule has 1 N–H and O–H groups in total. The molecule has 0 atom stereocenters. The van der Waals surface area contributed by atoms with Crippen LogP contribution in [0.15, 0.2) is 88.7 Å². The van der Waals surface area contributed by atoms with E-state index in [0.717, 1.165) is 41.2 Å². The smallest absolute Gasteiger partial charge is 0.321 e. The molecule has 2 amide bonds. The zero-order valence-corrected chi connectivity index (χ0v) is 22.8. The summed E-state index contributed by atoms with van der Waals surface area (Å²) in [6.07, 6.45) is 6.44. The Labute approximate surface area is 225 Å². The average molecular weight is 519 g/mol. The highest BCUT2D eigenvalue weighted by Gasteiger charge is 2.16. The summed E-state index contributed by atoms with van der Waals surface area (Å²) in [6.45, 7) is 5.42. The molecule has 3 rings (SSSR count). The molecule has 0 aromatic heterocycles. The molecule has 37 heavy (non-hydrogen) atoms. The molecule has 0 aliphatic carbocycles. The minimum Gasteiger partial charge on any atom is -0.427 e. The van der Waals surface area contributed by atoms with E-state index in [1.165, 1.54) is 18.4 Å². The fourth-order valence-corrected chi connectivity index (χ4v) is 4.76. The monoisotopic (exact) mass is 518 g/mol. The van der Waals surface area contributed by atoms with E-state index in [2.05, 4.69) is 30.4 Å². The largest absolute Gasteiger partial charge is 0.427 e. The number of rotatable bonds is 14. The van der Waals surface area contributed by atoms with Crippen LogP contribution in [-0.4, -0.2) is 25.1 Å². The SMILES string of the molecule is CCCCCCNC(=O)N(CCc1ccccc1)c1cccc(Sc2ccc(OC(=O)CCC)cc2)c1. The van der Waals surface area contributed by atoms with Crippen LogP contribution < -0.4 is 15.0 Å². The molecule has 0 radical (unpaired) electrons. The standard InChI is InChI=1S/C31H38N2O3S/c1-3-5-6-10-22-32-31(35)33(23-21-25-13-8-7-9-14-25)26-15-11-16-29(24-26)37-28-19-17-27(18-20-28)36-30(34)12-4-2/h7-9,11,13-20,24H,3-6,10,12,21-23H2,1-2H3,(H,32,35). The maximum Gasteiger partial charge on any atom is 0.321 e. The molecule has 0 saturated heterocycles. The van der Waals surface area contributed by atoms with Crippen molar-refractivity contribution in [3.8, 4) is 5.75 Å². The number of carbonyl (C=O) groups is 2. The predicted octanol–water partition coefficient (Wildman–Crippen LogP) is 7.88. The third-order valence-corrected chi connectivity index (χ3v) is 6.89. The van der Waals surface area contributed by atoms with E-state index in [1.807, 2.05) is 72.5 Å². The van der Waals surface area contributed by atoms with Crippen LogP contribution >= 0.6 is 11.8 Å². The molecule has 0 heterocycles. The molecular weight excluding hydrogens is 480 g/mol. The van der Waals surface area contributed by atoms with Gasteiger partial charge in [0.25, 0.3) is 0 Å². The molecule has 0 bridgehead atoms. The number of hydrogen-bond acceptors (Lipinski definition) is 4. The van der Waals surface area contributed by atoms with Crippen LogP contribution in [0.3, 0.4) is 0 Å². The van der Waals surface area contributed by atoms with Crippen molar-refractivity contribution >= 4 is 29.4 Å². The van der Waals surface area contributed by atoms with Gasteiger partial charge in [-0.3, -0.25) is 9.69 Å². The molecule has 5 nitrogen and oxygen atoms in total. The van der Waals surface area contributed by atoms with Gasteiger partial charge < -0.3 is 10.1 Å². The molecule has 196 valence electrons. The fraction of sp³-hybridized carbons (Fsp3) is 0.355. The van der Waals surface area contributed by atoms with Crippen molar-refractivity contribution in [2.24, 2.45) is 0 Å². The van der Waals surface area contributed by atoms with Crippen LogP contribution in [0.4, 0.5) is 10.5 Å². The lowest BCUT2D eigenvalue weighted by atomic mass is 10.1. The minimum absolute atomic E-state index is 0.0622. The van der Waals surface area contributed by atoms with Gasteiger partial charge in [0.15, 0.2) is 0 Å². The van der Waals surface area contributed by atoms with Crippen LogP contribution in [0.1, 0.15) is 57.9 Å². The molecule has 3 aromatic rings. The number of nitrogens with one attached hydrogen (secondary N) is 1. The molecule has 0 spiro atoms. The molecule has 0 saturated carbocycles. The lowest BCUT2D eigenvalue weighted by molar-refractivity contribution is -0.134. The number of hydrogen-bond donors (Lipinski definition) is 1. The Morgan fingerprint density at radius 2 is 1.62 bits per heavy atom. The number of anilines is 1. The topological polar surface area (TPSA) is 58.6 Å². The van der Waals surface area contributed by atoms with E-state index in [9.17, 15) is 9.59 Å². The summed E-state index contributed by atoms with van der Waals surface area (Å²) in [4.78, 5) is 28.8. The molecule has 0 fully saturated rings. The van der Waals surface area contributed by atoms with Crippen LogP contribution in [0.25, 0.3) is 0 Å². The van der Waals surface area contributed by atoms with Gasteiger partial charge in [-0.25, -0.2) is 4.79 Å². The van der Waals surface area contributed by atoms with Crippen molar-refractivity contribution in [1.82, 2.24) is 5.32 Å². The molecule has 0 aliphatic heterocycles. The summed E-state index contributed by atoms with van der Waals surface area (Å²) in [6, 6.07) is 25.8. The predicted molar refractivity (Wildman–Crippen MR) is 153 cm³/mol. The van der Waals surface area contributed by atoms with Crippen LogP contribution in [-0.2, 0) is 11.2 Å². The first-order valence-corrected chi connectivity index (χ1v) is 14.1. The van der Waals surface area contributed by atoms with Gasteiger partial charge in [0.2, 0.25) is 0 Å². The molecular formula is C31H38N2O3S. The first kappa shape index (κ1) is 28.3. The molecule has 3 aromatic carbocycles. The van der Waals surface area contributed by atoms with Gasteiger partial charge >= 0.3 is 12.0 Å². The zero-order valence-electron chi connectivity index (χ0n) is 21.9. The maximum atomic E-state index is 13.2. The Hall–Kier alpha value is -3.25. The number of ether oxygens (including phenoxy) is 1. The highest BCUT2D eigenvalue weighted by Crippen LogP contribution is 2.31. The van der Waals surface area contributed by atoms with E-state index in [1.54, 1.807) is 11.8 Å². The molecule has 0 unspecified atom stereocenters. The first-order valence-electron chi connectivity index (χ1n) is 13.3. The van der Waals surface area contributed by atoms with Crippen molar-refractivity contribution in [1.29, 1.82) is 0 Å². The van der Waals surface area contributed by atoms with E-state index in [-0.39, 0.29) is 12.0 Å². The lowest BCUT2D eigenvalue weighted by Gasteiger charge is -2.24. The number of carbonyl (C=O) groups excluding carboxylic acids is 2. The summed E-state index contributed by atoms with van der Waals surface area (Å²) < 4.78 is 5.35. The van der Waals surface area contributed by atoms with Gasteiger partial charge in [0, 0.05) is 35.0 Å². The third-order valence-electron chi connectivity index (χ3n) is 5.89. The van der Waals surface area contributed by atoms with Crippen LogP contribution in [0.2, 0.25) is 0 Å². The zero-order chi connectivity index (χ0) is 26.3. The lowest BCUT2D eigenvalue weighted by Crippen LogP contribution is -2.41. The van der Waals surface area contributed by atoms with E-state index in [0.29, 0.717) is 25.3 Å². The van der Waals surface area contributed by atoms with Crippen LogP contribution in [0.5, 0.6) is 5.75 Å². The maximum absolute atomic E-state index is 13.2. The van der Waals surface area contributed by atoms with Crippen LogP contribution in [0, 0.1) is 0 Å². The van der Waals surface area contributed by atoms with Crippen molar-refractivity contribution in [3.63, 3.8) is 0 Å². The fourth-order valence-electron chi connectivity index (χ4n) is 3.89. The van der Waals surface area contributed by atoms with Gasteiger partial charge in [-0.15, -0.1) is 0 Å². The van der Waals surface area contributed by atoms with E-state index >= 15 is 0 Å². The summed E-state index contributed by atoms with van der Waals surface area (Å²) in [7, 11) is 0. The minimum atomic E-state index is -0.213. The second kappa shape index (κ2) is 15.8. The normalized spacial score (nSPS) is 10.6. The third kappa shape index (κ3) is 9.96. The molecule has 6 heteroatoms. The number of unbranched alkanes of at least 4 members (excludes halogenated alkanes) is 3. The van der Waals surface area contributed by atoms with Gasteiger partial charge in [-0.2, -0.15) is 0 Å². The van der Waals surface area contributed by atoms with Crippen molar-refractivity contribution in [2.75, 3.05) is 18.0 Å². The number of benzene rings is 3. The van der Waals surface area contributed by atoms with Gasteiger partial charge in [0.05, 0.1) is 0 Å². The highest BCUT2D eigenvalue weighted by atomic mass is 32.2. The summed E-state index contributed by atoms with van der Waals surface area (Å²) >= 11 is 1.61. The quantitative estimate of drug-likeness (QED) is 0.134. The summed E-state index contributed by atoms with van der Waals surface area (Å²) in [5.74, 6) is 0.342. The highest BCUT2D eigenvalue weighted by molar-refractivity contribution is 7.99. The van der Waals surface area contributed by atoms with Gasteiger partial charge in [-0.05, 0) is 67.3 Å². The van der Waals surface area contributed by atoms with E-state index in [4.69, 9.17) is 4.74 Å². The van der Waals surface area contributed by atoms with Gasteiger partial charge in [-0.1, -0.05) is 81.3 Å². The van der Waals surface area contributed by atoms with Crippen molar-refractivity contribution in [2.45, 2.75) is 68.6 Å². The van der Waals surface area contributed by atoms with Crippen molar-refractivity contribution in [3.05, 3.63) is 84.4 Å². The second-order valence-electron chi connectivity index (χ2n) is 8.97. The Morgan fingerprint density at radius 3 is 2.35 bits per heavy atom. The summed E-state index contributed by atoms with van der Waals surface area (Å²) in [5.41, 5.74) is 2.07. The van der Waals surface area contributed by atoms with E-state index < -0.39 is 0 Å². The number of nitrogens with zero attached hydrogens (tertiary/aromatic N) is 1. The molecule has 0 aliphatic rings. The first-order chi connectivity index (χ1) is 18.1. The van der Waals surface area contributed by atoms with Crippen molar-refractivity contribution < 1.29 is 14.3 Å². The Bertz CT molecular complexity index is 1100. The number of urea groups is 1. The Balaban J connectivity index is 1.69. The number of esters is 1. The average Bonchev–Trinajstić information content (AvgIpc) is 2.91. The van der Waals surface area contributed by atoms with Gasteiger partial charge in [0.1, 0.15) is 5.75 Å². The Morgan fingerprint density at radius 1 is 0.838 bits per heavy atom. The number of amides is 2. The summed E-state index contributed by atoms with van der Waals surface area (Å²) in [5, 5.41) is 3.12.